The molecule has 0 fully saturated rings. The molecule has 0 saturated carbocycles. The van der Waals surface area contributed by atoms with Gasteiger partial charge in [0.2, 0.25) is 5.13 Å². The highest BCUT2D eigenvalue weighted by atomic mass is 32.1. The van der Waals surface area contributed by atoms with Gasteiger partial charge in [-0.05, 0) is 13.3 Å². The number of urea groups is 1. The van der Waals surface area contributed by atoms with Gasteiger partial charge in [0.1, 0.15) is 11.6 Å². The summed E-state index contributed by atoms with van der Waals surface area (Å²) in [5, 5.41) is 10.4. The average molecular weight is 282 g/mol. The Labute approximate surface area is 106 Å². The first kappa shape index (κ1) is 14.7. The van der Waals surface area contributed by atoms with Crippen molar-refractivity contribution < 1.29 is 18.0 Å². The Morgan fingerprint density at radius 2 is 2.11 bits per heavy atom. The zero-order valence-corrected chi connectivity index (χ0v) is 10.7. The third kappa shape index (κ3) is 4.86. The fourth-order valence-corrected chi connectivity index (χ4v) is 1.84. The Hall–Kier alpha value is -1.38. The zero-order chi connectivity index (χ0) is 13.8. The molecule has 0 aliphatic carbocycles. The molecule has 0 atom stereocenters. The highest BCUT2D eigenvalue weighted by Crippen LogP contribution is 2.19. The Kier molecular flexibility index (Phi) is 4.88. The number of amides is 2. The Morgan fingerprint density at radius 1 is 1.44 bits per heavy atom. The topological polar surface area (TPSA) is 58.1 Å². The molecule has 0 aliphatic rings. The van der Waals surface area contributed by atoms with E-state index in [9.17, 15) is 18.0 Å². The van der Waals surface area contributed by atoms with Crippen LogP contribution in [-0.2, 0) is 0 Å². The van der Waals surface area contributed by atoms with Crippen LogP contribution in [0.4, 0.5) is 23.1 Å². The van der Waals surface area contributed by atoms with Gasteiger partial charge in [0.15, 0.2) is 0 Å². The number of nitrogens with one attached hydrogen (secondary N) is 1. The molecule has 1 aromatic heterocycles. The van der Waals surface area contributed by atoms with Gasteiger partial charge in [0.05, 0.1) is 0 Å². The first-order chi connectivity index (χ1) is 8.31. The number of aryl methyl sites for hydroxylation is 1. The van der Waals surface area contributed by atoms with Crippen LogP contribution >= 0.6 is 11.3 Å². The molecule has 0 unspecified atom stereocenters. The summed E-state index contributed by atoms with van der Waals surface area (Å²) in [5.41, 5.74) is 0. The van der Waals surface area contributed by atoms with E-state index in [-0.39, 0.29) is 11.7 Å². The van der Waals surface area contributed by atoms with E-state index in [0.717, 1.165) is 11.3 Å². The van der Waals surface area contributed by atoms with Crippen LogP contribution in [0.2, 0.25) is 0 Å². The average Bonchev–Trinajstić information content (AvgIpc) is 2.61. The minimum absolute atomic E-state index is 0.0309. The summed E-state index contributed by atoms with van der Waals surface area (Å²) >= 11 is 1.11. The van der Waals surface area contributed by atoms with Crippen molar-refractivity contribution in [3.8, 4) is 0 Å². The van der Waals surface area contributed by atoms with Gasteiger partial charge in [0.25, 0.3) is 0 Å². The minimum Gasteiger partial charge on any atom is -0.315 e. The van der Waals surface area contributed by atoms with Crippen LogP contribution in [0.1, 0.15) is 18.4 Å². The van der Waals surface area contributed by atoms with Crippen molar-refractivity contribution in [1.29, 1.82) is 0 Å². The molecule has 0 aliphatic heterocycles. The summed E-state index contributed by atoms with van der Waals surface area (Å²) in [7, 11) is 0. The summed E-state index contributed by atoms with van der Waals surface area (Å²) in [6, 6.07) is -0.815. The largest absolute Gasteiger partial charge is 0.406 e. The molecule has 0 bridgehead atoms. The molecule has 5 nitrogen and oxygen atoms in total. The lowest BCUT2D eigenvalue weighted by molar-refractivity contribution is -0.139. The van der Waals surface area contributed by atoms with Gasteiger partial charge in [-0.3, -0.25) is 5.32 Å². The SMILES string of the molecule is CCCN(CC(F)(F)F)C(=O)Nc1nnc(C)s1. The van der Waals surface area contributed by atoms with Crippen LogP contribution in [-0.4, -0.2) is 40.4 Å². The van der Waals surface area contributed by atoms with Crippen molar-refractivity contribution in [2.75, 3.05) is 18.4 Å². The van der Waals surface area contributed by atoms with Gasteiger partial charge < -0.3 is 4.90 Å². The fourth-order valence-electron chi connectivity index (χ4n) is 1.26. The van der Waals surface area contributed by atoms with Crippen LogP contribution in [0.5, 0.6) is 0 Å². The number of carbonyl (C=O) groups excluding carboxylic acids is 1. The maximum Gasteiger partial charge on any atom is 0.406 e. The van der Waals surface area contributed by atoms with Crippen molar-refractivity contribution in [3.05, 3.63) is 5.01 Å². The van der Waals surface area contributed by atoms with Gasteiger partial charge in [0, 0.05) is 6.54 Å². The van der Waals surface area contributed by atoms with Crippen molar-refractivity contribution in [3.63, 3.8) is 0 Å². The van der Waals surface area contributed by atoms with E-state index in [1.807, 2.05) is 0 Å². The quantitative estimate of drug-likeness (QED) is 0.923. The second kappa shape index (κ2) is 5.98. The van der Waals surface area contributed by atoms with Gasteiger partial charge in [-0.15, -0.1) is 10.2 Å². The van der Waals surface area contributed by atoms with Crippen molar-refractivity contribution >= 4 is 22.5 Å². The maximum absolute atomic E-state index is 12.3. The second-order valence-corrected chi connectivity index (χ2v) is 4.77. The number of hydrogen-bond donors (Lipinski definition) is 1. The number of nitrogens with zero attached hydrogens (tertiary/aromatic N) is 3. The molecular weight excluding hydrogens is 269 g/mol. The smallest absolute Gasteiger partial charge is 0.315 e. The molecule has 0 aromatic carbocycles. The van der Waals surface area contributed by atoms with Crippen molar-refractivity contribution in [2.24, 2.45) is 0 Å². The normalized spacial score (nSPS) is 11.4. The molecule has 0 radical (unpaired) electrons. The van der Waals surface area contributed by atoms with E-state index in [1.165, 1.54) is 0 Å². The van der Waals surface area contributed by atoms with E-state index < -0.39 is 18.8 Å². The zero-order valence-electron chi connectivity index (χ0n) is 9.91. The second-order valence-electron chi connectivity index (χ2n) is 3.59. The van der Waals surface area contributed by atoms with Crippen LogP contribution in [0.3, 0.4) is 0 Å². The van der Waals surface area contributed by atoms with Crippen molar-refractivity contribution in [1.82, 2.24) is 15.1 Å². The summed E-state index contributed by atoms with van der Waals surface area (Å²) in [4.78, 5) is 12.3. The predicted octanol–water partition coefficient (Wildman–Crippen LogP) is 2.65. The molecule has 102 valence electrons. The number of rotatable bonds is 4. The standard InChI is InChI=1S/C9H13F3N4OS/c1-3-4-16(5-9(10,11)12)8(17)13-7-15-14-6(2)18-7/h3-5H2,1-2H3,(H,13,15,17). The number of aromatic nitrogens is 2. The Morgan fingerprint density at radius 3 is 2.56 bits per heavy atom. The Bertz CT molecular complexity index is 407. The number of anilines is 1. The molecule has 1 heterocycles. The van der Waals surface area contributed by atoms with Gasteiger partial charge in [-0.25, -0.2) is 4.79 Å². The first-order valence-corrected chi connectivity index (χ1v) is 6.06. The van der Waals surface area contributed by atoms with E-state index in [4.69, 9.17) is 0 Å². The number of halogens is 3. The number of alkyl halides is 3. The molecule has 9 heteroatoms. The first-order valence-electron chi connectivity index (χ1n) is 5.24. The Balaban J connectivity index is 2.64. The summed E-state index contributed by atoms with van der Waals surface area (Å²) < 4.78 is 36.9. The molecule has 1 N–H and O–H groups in total. The summed E-state index contributed by atoms with van der Waals surface area (Å²) in [6.45, 7) is 2.15. The molecule has 0 saturated heterocycles. The van der Waals surface area contributed by atoms with Crippen LogP contribution < -0.4 is 5.32 Å². The highest BCUT2D eigenvalue weighted by molar-refractivity contribution is 7.15. The lowest BCUT2D eigenvalue weighted by atomic mass is 10.4. The fraction of sp³-hybridized carbons (Fsp3) is 0.667. The predicted molar refractivity (Wildman–Crippen MR) is 61.6 cm³/mol. The van der Waals surface area contributed by atoms with Crippen LogP contribution in [0.15, 0.2) is 0 Å². The van der Waals surface area contributed by atoms with E-state index >= 15 is 0 Å². The molecular formula is C9H13F3N4OS. The molecule has 18 heavy (non-hydrogen) atoms. The molecule has 0 spiro atoms. The van der Waals surface area contributed by atoms with E-state index in [1.54, 1.807) is 13.8 Å². The third-order valence-corrected chi connectivity index (χ3v) is 2.64. The highest BCUT2D eigenvalue weighted by Gasteiger charge is 2.32. The van der Waals surface area contributed by atoms with E-state index in [0.29, 0.717) is 16.3 Å². The molecule has 1 aromatic rings. The van der Waals surface area contributed by atoms with E-state index in [2.05, 4.69) is 15.5 Å². The summed E-state index contributed by atoms with van der Waals surface area (Å²) in [6.07, 6.45) is -3.97. The van der Waals surface area contributed by atoms with Gasteiger partial charge >= 0.3 is 12.2 Å². The van der Waals surface area contributed by atoms with Crippen LogP contribution in [0, 0.1) is 6.92 Å². The lowest BCUT2D eigenvalue weighted by Gasteiger charge is -2.22. The molecule has 2 amide bonds. The number of hydrogen-bond acceptors (Lipinski definition) is 4. The molecule has 1 rings (SSSR count). The summed E-state index contributed by atoms with van der Waals surface area (Å²) in [5.74, 6) is 0. The van der Waals surface area contributed by atoms with Gasteiger partial charge in [-0.1, -0.05) is 18.3 Å². The minimum atomic E-state index is -4.41. The lowest BCUT2D eigenvalue weighted by Crippen LogP contribution is -2.41. The van der Waals surface area contributed by atoms with Crippen molar-refractivity contribution in [2.45, 2.75) is 26.4 Å². The third-order valence-electron chi connectivity index (χ3n) is 1.89. The van der Waals surface area contributed by atoms with Gasteiger partial charge in [-0.2, -0.15) is 13.2 Å². The maximum atomic E-state index is 12.3. The van der Waals surface area contributed by atoms with Crippen LogP contribution in [0.25, 0.3) is 0 Å². The monoisotopic (exact) mass is 282 g/mol. The number of carbonyl (C=O) groups is 1.